The predicted octanol–water partition coefficient (Wildman–Crippen LogP) is 5.40. The van der Waals surface area contributed by atoms with E-state index in [0.29, 0.717) is 27.8 Å². The van der Waals surface area contributed by atoms with E-state index in [0.717, 1.165) is 23.2 Å². The van der Waals surface area contributed by atoms with Crippen LogP contribution in [0.15, 0.2) is 73.1 Å². The highest BCUT2D eigenvalue weighted by molar-refractivity contribution is 5.94. The fraction of sp³-hybridized carbons (Fsp3) is 0.129. The molecule has 0 spiro atoms. The Balaban J connectivity index is 1.56. The Labute approximate surface area is 232 Å². The van der Waals surface area contributed by atoms with Gasteiger partial charge in [0.15, 0.2) is 0 Å². The number of hydrogen-bond donors (Lipinski definition) is 4. The first-order valence-electron chi connectivity index (χ1n) is 12.7. The van der Waals surface area contributed by atoms with Crippen molar-refractivity contribution >= 4 is 22.7 Å². The Hall–Kier alpha value is -5.12. The normalized spacial score (nSPS) is 11.9. The maximum atomic E-state index is 14.3. The zero-order valence-electron chi connectivity index (χ0n) is 21.8. The van der Waals surface area contributed by atoms with E-state index >= 15 is 0 Å². The van der Waals surface area contributed by atoms with Crippen molar-refractivity contribution in [3.05, 3.63) is 118 Å². The second-order valence-corrected chi connectivity index (χ2v) is 9.83. The highest BCUT2D eigenvalue weighted by Crippen LogP contribution is 2.32. The van der Waals surface area contributed by atoms with Gasteiger partial charge in [0.1, 0.15) is 23.2 Å². The van der Waals surface area contributed by atoms with Crippen molar-refractivity contribution in [2.75, 3.05) is 0 Å². The highest BCUT2D eigenvalue weighted by Gasteiger charge is 2.23. The summed E-state index contributed by atoms with van der Waals surface area (Å²) in [6.45, 7) is 1.79. The zero-order valence-corrected chi connectivity index (χ0v) is 21.8. The van der Waals surface area contributed by atoms with E-state index < -0.39 is 35.3 Å². The second kappa shape index (κ2) is 11.2. The number of nitrogens with one attached hydrogen (secondary N) is 2. The number of aryl methyl sites for hydroxylation is 1. The molecule has 3 aromatic carbocycles. The summed E-state index contributed by atoms with van der Waals surface area (Å²) in [5.41, 5.74) is 8.67. The van der Waals surface area contributed by atoms with Crippen LogP contribution in [0.25, 0.3) is 22.0 Å². The summed E-state index contributed by atoms with van der Waals surface area (Å²) in [5, 5.41) is 13.5. The SMILES string of the molecule is Cc1cnc(C(Cc2cc(F)cc(F)c2)NC(=O)Cc2c[nH]c3ccc(O)cc23)c(-c2ccc(F)c(C(N)=O)c2)c1. The van der Waals surface area contributed by atoms with Crippen molar-refractivity contribution in [2.45, 2.75) is 25.8 Å². The molecule has 5 aromatic rings. The molecule has 2 heterocycles. The number of nitrogens with two attached hydrogens (primary N) is 1. The lowest BCUT2D eigenvalue weighted by molar-refractivity contribution is -0.121. The molecule has 0 saturated heterocycles. The number of fused-ring (bicyclic) bond motifs is 1. The third-order valence-electron chi connectivity index (χ3n) is 6.73. The number of rotatable bonds is 8. The van der Waals surface area contributed by atoms with Gasteiger partial charge in [0, 0.05) is 34.9 Å². The maximum Gasteiger partial charge on any atom is 0.251 e. The van der Waals surface area contributed by atoms with Crippen molar-refractivity contribution in [3.8, 4) is 16.9 Å². The highest BCUT2D eigenvalue weighted by atomic mass is 19.1. The Morgan fingerprint density at radius 1 is 1.02 bits per heavy atom. The summed E-state index contributed by atoms with van der Waals surface area (Å²) in [5.74, 6) is -3.64. The van der Waals surface area contributed by atoms with Gasteiger partial charge < -0.3 is 21.1 Å². The summed E-state index contributed by atoms with van der Waals surface area (Å²) in [7, 11) is 0. The van der Waals surface area contributed by atoms with Crippen LogP contribution in [0.1, 0.15) is 38.8 Å². The largest absolute Gasteiger partial charge is 0.508 e. The summed E-state index contributed by atoms with van der Waals surface area (Å²) in [6, 6.07) is 12.6. The molecule has 5 N–H and O–H groups in total. The van der Waals surface area contributed by atoms with Crippen LogP contribution in [0.4, 0.5) is 13.2 Å². The van der Waals surface area contributed by atoms with Crippen LogP contribution >= 0.6 is 0 Å². The van der Waals surface area contributed by atoms with E-state index in [4.69, 9.17) is 5.73 Å². The van der Waals surface area contributed by atoms with Crippen molar-refractivity contribution in [1.82, 2.24) is 15.3 Å². The van der Waals surface area contributed by atoms with Crippen LogP contribution in [0.2, 0.25) is 0 Å². The summed E-state index contributed by atoms with van der Waals surface area (Å²) < 4.78 is 42.4. The molecule has 0 aliphatic heterocycles. The minimum Gasteiger partial charge on any atom is -0.508 e. The lowest BCUT2D eigenvalue weighted by Gasteiger charge is -2.22. The second-order valence-electron chi connectivity index (χ2n) is 9.83. The van der Waals surface area contributed by atoms with Gasteiger partial charge in [0.2, 0.25) is 5.91 Å². The van der Waals surface area contributed by atoms with E-state index in [9.17, 15) is 27.9 Å². The molecule has 208 valence electrons. The van der Waals surface area contributed by atoms with Crippen LogP contribution in [-0.2, 0) is 17.6 Å². The van der Waals surface area contributed by atoms with Gasteiger partial charge in [-0.3, -0.25) is 14.6 Å². The van der Waals surface area contributed by atoms with Crippen LogP contribution in [0.3, 0.4) is 0 Å². The lowest BCUT2D eigenvalue weighted by atomic mass is 9.93. The number of aromatic hydroxyl groups is 1. The molecule has 0 aliphatic carbocycles. The van der Waals surface area contributed by atoms with Gasteiger partial charge in [-0.05, 0) is 84.1 Å². The fourth-order valence-corrected chi connectivity index (χ4v) is 4.88. The Kier molecular flexibility index (Phi) is 7.47. The standard InChI is InChI=1S/C31H25F3N4O3/c1-16-6-24(18-2-4-26(34)25(10-18)31(35)41)30(37-14-16)28(9-17-7-20(32)12-21(33)8-17)38-29(40)11-19-15-36-27-5-3-22(39)13-23(19)27/h2-8,10,12-15,28,36,39H,9,11H2,1H3,(H2,35,41)(H,38,40). The number of primary amides is 1. The lowest BCUT2D eigenvalue weighted by Crippen LogP contribution is -2.32. The molecule has 5 rings (SSSR count). The number of pyridine rings is 1. The predicted molar refractivity (Wildman–Crippen MR) is 147 cm³/mol. The first kappa shape index (κ1) is 27.4. The first-order valence-corrected chi connectivity index (χ1v) is 12.7. The molecule has 7 nitrogen and oxygen atoms in total. The summed E-state index contributed by atoms with van der Waals surface area (Å²) in [4.78, 5) is 32.8. The van der Waals surface area contributed by atoms with Crippen molar-refractivity contribution in [2.24, 2.45) is 5.73 Å². The maximum absolute atomic E-state index is 14.3. The fourth-order valence-electron chi connectivity index (χ4n) is 4.88. The van der Waals surface area contributed by atoms with E-state index in [1.807, 2.05) is 0 Å². The number of H-pyrrole nitrogens is 1. The van der Waals surface area contributed by atoms with E-state index in [1.54, 1.807) is 37.5 Å². The van der Waals surface area contributed by atoms with Crippen LogP contribution in [0.5, 0.6) is 5.75 Å². The van der Waals surface area contributed by atoms with Crippen molar-refractivity contribution in [3.63, 3.8) is 0 Å². The molecule has 2 aromatic heterocycles. The quantitative estimate of drug-likeness (QED) is 0.204. The summed E-state index contributed by atoms with van der Waals surface area (Å²) in [6.07, 6.45) is 3.15. The first-order chi connectivity index (χ1) is 19.6. The monoisotopic (exact) mass is 558 g/mol. The average molecular weight is 559 g/mol. The number of benzene rings is 3. The van der Waals surface area contributed by atoms with Gasteiger partial charge in [0.05, 0.1) is 23.7 Å². The van der Waals surface area contributed by atoms with Crippen LogP contribution in [-0.4, -0.2) is 26.9 Å². The molecule has 41 heavy (non-hydrogen) atoms. The molecular weight excluding hydrogens is 533 g/mol. The number of hydrogen-bond acceptors (Lipinski definition) is 4. The summed E-state index contributed by atoms with van der Waals surface area (Å²) >= 11 is 0. The van der Waals surface area contributed by atoms with Gasteiger partial charge >= 0.3 is 0 Å². The molecule has 0 radical (unpaired) electrons. The number of phenols is 1. The van der Waals surface area contributed by atoms with Gasteiger partial charge in [-0.2, -0.15) is 0 Å². The molecule has 2 amide bonds. The molecule has 1 unspecified atom stereocenters. The number of halogens is 3. The Morgan fingerprint density at radius 2 is 1.78 bits per heavy atom. The molecule has 0 aliphatic rings. The molecule has 0 fully saturated rings. The van der Waals surface area contributed by atoms with Crippen molar-refractivity contribution in [1.29, 1.82) is 0 Å². The topological polar surface area (TPSA) is 121 Å². The number of aromatic amines is 1. The van der Waals surface area contributed by atoms with E-state index in [1.165, 1.54) is 30.3 Å². The zero-order chi connectivity index (χ0) is 29.3. The smallest absolute Gasteiger partial charge is 0.251 e. The number of carbonyl (C=O) groups is 2. The average Bonchev–Trinajstić information content (AvgIpc) is 3.29. The number of nitrogens with zero attached hydrogens (tertiary/aromatic N) is 1. The van der Waals surface area contributed by atoms with Crippen LogP contribution < -0.4 is 11.1 Å². The molecule has 1 atom stereocenters. The number of carbonyl (C=O) groups excluding carboxylic acids is 2. The van der Waals surface area contributed by atoms with Gasteiger partial charge in [-0.1, -0.05) is 6.07 Å². The van der Waals surface area contributed by atoms with Gasteiger partial charge in [-0.25, -0.2) is 13.2 Å². The third kappa shape index (κ3) is 6.06. The minimum absolute atomic E-state index is 0.0258. The molecule has 0 bridgehead atoms. The Bertz CT molecular complexity index is 1780. The Morgan fingerprint density at radius 3 is 2.51 bits per heavy atom. The van der Waals surface area contributed by atoms with Crippen molar-refractivity contribution < 1.29 is 27.9 Å². The van der Waals surface area contributed by atoms with E-state index in [-0.39, 0.29) is 29.7 Å². The van der Waals surface area contributed by atoms with Crippen LogP contribution in [0, 0.1) is 24.4 Å². The molecule has 0 saturated carbocycles. The number of phenolic OH excluding ortho intramolecular Hbond substituents is 1. The van der Waals surface area contributed by atoms with Gasteiger partial charge in [0.25, 0.3) is 5.91 Å². The molecular formula is C31H25F3N4O3. The third-order valence-corrected chi connectivity index (χ3v) is 6.73. The number of aromatic nitrogens is 2. The minimum atomic E-state index is -0.948. The molecule has 10 heteroatoms. The number of amides is 2. The van der Waals surface area contributed by atoms with Gasteiger partial charge in [-0.15, -0.1) is 0 Å². The van der Waals surface area contributed by atoms with E-state index in [2.05, 4.69) is 15.3 Å².